The lowest BCUT2D eigenvalue weighted by atomic mass is 10.3. The second-order valence-electron chi connectivity index (χ2n) is 5.44. The van der Waals surface area contributed by atoms with Crippen LogP contribution in [0.25, 0.3) is 0 Å². The van der Waals surface area contributed by atoms with E-state index in [0.717, 1.165) is 6.54 Å². The summed E-state index contributed by atoms with van der Waals surface area (Å²) in [6.45, 7) is 3.36. The smallest absolute Gasteiger partial charge is 0.418 e. The summed E-state index contributed by atoms with van der Waals surface area (Å²) in [5, 5.41) is 0. The highest BCUT2D eigenvalue weighted by atomic mass is 19.5. The van der Waals surface area contributed by atoms with Crippen molar-refractivity contribution in [2.24, 2.45) is 0 Å². The number of aromatic nitrogens is 1. The van der Waals surface area contributed by atoms with Crippen molar-refractivity contribution < 1.29 is 108 Å². The van der Waals surface area contributed by atoms with Gasteiger partial charge in [-0.05, 0) is 0 Å². The number of nitrogens with zero attached hydrogens (tertiary/aromatic N) is 1. The molecule has 1 rings (SSSR count). The van der Waals surface area contributed by atoms with Crippen molar-refractivity contribution in [1.29, 1.82) is 0 Å². The summed E-state index contributed by atoms with van der Waals surface area (Å²) in [4.78, 5) is 0. The monoisotopic (exact) mass is 658 g/mol. The molecule has 1 nitrogen and oxygen atoms in total. The molecule has 0 saturated heterocycles. The second kappa shape index (κ2) is 23.6. The van der Waals surface area contributed by atoms with Crippen LogP contribution in [0.1, 0.15) is 19.8 Å². The first-order valence-electron chi connectivity index (χ1n) is 9.11. The highest BCUT2D eigenvalue weighted by Crippen LogP contribution is 2.09. The molecule has 0 amide bonds. The highest BCUT2D eigenvalue weighted by molar-refractivity contribution is 6.51. The van der Waals surface area contributed by atoms with Gasteiger partial charge in [0.25, 0.3) is 0 Å². The fraction of sp³-hybridized carbons (Fsp3) is 0.444. The Morgan fingerprint density at radius 3 is 0.700 bits per heavy atom. The lowest BCUT2D eigenvalue weighted by molar-refractivity contribution is -0.697. The van der Waals surface area contributed by atoms with Gasteiger partial charge in [-0.1, -0.05) is 19.4 Å². The van der Waals surface area contributed by atoms with E-state index in [1.807, 2.05) is 6.07 Å². The van der Waals surface area contributed by atoms with Crippen LogP contribution in [0.4, 0.5) is 104 Å². The van der Waals surface area contributed by atoms with Crippen molar-refractivity contribution in [2.75, 3.05) is 0 Å². The number of hydrogen-bond acceptors (Lipinski definition) is 0. The van der Waals surface area contributed by atoms with Crippen LogP contribution < -0.4 is 4.57 Å². The fourth-order valence-electron chi connectivity index (χ4n) is 0.924. The van der Waals surface area contributed by atoms with Gasteiger partial charge in [-0.25, -0.2) is 4.57 Å². The lowest BCUT2D eigenvalue weighted by Gasteiger charge is -1.94. The largest absolute Gasteiger partial charge is 0.673 e. The summed E-state index contributed by atoms with van der Waals surface area (Å²) in [7, 11) is -36.0. The van der Waals surface area contributed by atoms with Crippen molar-refractivity contribution >= 4 is 43.5 Å². The highest BCUT2D eigenvalue weighted by Gasteiger charge is 2.22. The fourth-order valence-corrected chi connectivity index (χ4v) is 0.924. The molecule has 40 heavy (non-hydrogen) atoms. The predicted octanol–water partition coefficient (Wildman–Crippen LogP) is 9.57. The topological polar surface area (TPSA) is 3.88 Å². The molecule has 246 valence electrons. The van der Waals surface area contributed by atoms with E-state index >= 15 is 0 Å². The first kappa shape index (κ1) is 50.7. The van der Waals surface area contributed by atoms with E-state index in [2.05, 4.69) is 36.0 Å². The molecule has 0 fully saturated rings. The zero-order valence-electron chi connectivity index (χ0n) is 19.0. The maximum absolute atomic E-state index is 9.75. The van der Waals surface area contributed by atoms with Gasteiger partial charge in [0, 0.05) is 18.6 Å². The summed E-state index contributed by atoms with van der Waals surface area (Å²) < 4.78 is 236. The third-order valence-electron chi connectivity index (χ3n) is 1.55. The van der Waals surface area contributed by atoms with Crippen LogP contribution in [0.2, 0.25) is 0 Å². The lowest BCUT2D eigenvalue weighted by Crippen LogP contribution is -2.31. The Kier molecular flexibility index (Phi) is 29.8. The molecular formula is C9H14B6F24N-5. The molecule has 0 bridgehead atoms. The van der Waals surface area contributed by atoms with Gasteiger partial charge in [-0.15, -0.1) is 0 Å². The average Bonchev–Trinajstić information content (AvgIpc) is 2.52. The minimum Gasteiger partial charge on any atom is -0.418 e. The van der Waals surface area contributed by atoms with E-state index in [-0.39, 0.29) is 0 Å². The van der Waals surface area contributed by atoms with Gasteiger partial charge in [0.2, 0.25) is 0 Å². The second-order valence-corrected chi connectivity index (χ2v) is 5.44. The van der Waals surface area contributed by atoms with Crippen molar-refractivity contribution in [3.63, 3.8) is 0 Å². The standard InChI is InChI=1S/C9H14N.6BF4/c1-2-3-7-10-8-5-4-6-9-10;6*2-1(3,4)5/h4-6,8-9H,2-3,7H2,1H3;;;;;;/q+1;6*-1. The number of pyridine rings is 1. The molecule has 0 aliphatic heterocycles. The first-order chi connectivity index (χ1) is 16.9. The van der Waals surface area contributed by atoms with Crippen LogP contribution >= 0.6 is 0 Å². The summed E-state index contributed by atoms with van der Waals surface area (Å²) in [6, 6.07) is 6.17. The molecule has 0 unspecified atom stereocenters. The minimum atomic E-state index is -6.00. The molecule has 0 saturated carbocycles. The zero-order chi connectivity index (χ0) is 34.2. The summed E-state index contributed by atoms with van der Waals surface area (Å²) >= 11 is 0. The normalized spacial score (nSPS) is 11.4. The molecule has 0 N–H and O–H groups in total. The number of unbranched alkanes of at least 4 members (excludes halogenated alkanes) is 1. The quantitative estimate of drug-likeness (QED) is 0.173. The van der Waals surface area contributed by atoms with E-state index in [0.29, 0.717) is 0 Å². The van der Waals surface area contributed by atoms with E-state index in [1.165, 1.54) is 12.8 Å². The minimum absolute atomic E-state index is 1.15. The van der Waals surface area contributed by atoms with Crippen LogP contribution in [0.3, 0.4) is 0 Å². The third kappa shape index (κ3) is 448. The van der Waals surface area contributed by atoms with Crippen molar-refractivity contribution in [3.8, 4) is 0 Å². The SMILES string of the molecule is CCCC[n+]1ccccc1.F[B-](F)(F)F.F[B-](F)(F)F.F[B-](F)(F)F.F[B-](F)(F)F.F[B-](F)(F)F.F[B-](F)(F)F. The molecule has 0 atom stereocenters. The van der Waals surface area contributed by atoms with Gasteiger partial charge >= 0.3 is 43.5 Å². The Balaban J connectivity index is -0.0000000866. The molecule has 0 aromatic carbocycles. The molecule has 1 aromatic rings. The molecule has 0 radical (unpaired) electrons. The summed E-state index contributed by atoms with van der Waals surface area (Å²) in [6.07, 6.45) is 6.75. The average molecular weight is 657 g/mol. The first-order valence-corrected chi connectivity index (χ1v) is 9.11. The maximum atomic E-state index is 9.75. The van der Waals surface area contributed by atoms with Crippen LogP contribution in [-0.4, -0.2) is 43.5 Å². The number of rotatable bonds is 3. The molecule has 0 aliphatic rings. The number of aryl methyl sites for hydroxylation is 1. The van der Waals surface area contributed by atoms with Crippen LogP contribution in [0, 0.1) is 0 Å². The summed E-state index contributed by atoms with van der Waals surface area (Å²) in [5.41, 5.74) is 0. The Hall–Kier alpha value is -2.14. The van der Waals surface area contributed by atoms with Gasteiger partial charge in [-0.2, -0.15) is 0 Å². The van der Waals surface area contributed by atoms with E-state index in [9.17, 15) is 104 Å². The van der Waals surface area contributed by atoms with Crippen molar-refractivity contribution in [2.45, 2.75) is 26.3 Å². The maximum Gasteiger partial charge on any atom is 0.673 e. The number of hydrogen-bond donors (Lipinski definition) is 0. The van der Waals surface area contributed by atoms with Gasteiger partial charge in [-0.3, -0.25) is 0 Å². The molecule has 0 aliphatic carbocycles. The van der Waals surface area contributed by atoms with Gasteiger partial charge in [0.1, 0.15) is 6.54 Å². The molecule has 1 heterocycles. The molecule has 31 heteroatoms. The van der Waals surface area contributed by atoms with Gasteiger partial charge < -0.3 is 104 Å². The van der Waals surface area contributed by atoms with Gasteiger partial charge in [0.05, 0.1) is 0 Å². The molecular weight excluding hydrogens is 643 g/mol. The van der Waals surface area contributed by atoms with Crippen LogP contribution in [-0.2, 0) is 6.54 Å². The Labute approximate surface area is 209 Å². The summed E-state index contributed by atoms with van der Waals surface area (Å²) in [5.74, 6) is 0. The van der Waals surface area contributed by atoms with Crippen LogP contribution in [0.5, 0.6) is 0 Å². The van der Waals surface area contributed by atoms with Crippen molar-refractivity contribution in [1.82, 2.24) is 0 Å². The van der Waals surface area contributed by atoms with E-state index in [4.69, 9.17) is 0 Å². The Morgan fingerprint density at radius 2 is 0.550 bits per heavy atom. The van der Waals surface area contributed by atoms with Crippen molar-refractivity contribution in [3.05, 3.63) is 30.6 Å². The zero-order valence-corrected chi connectivity index (χ0v) is 19.0. The van der Waals surface area contributed by atoms with Crippen LogP contribution in [0.15, 0.2) is 30.6 Å². The molecule has 1 aromatic heterocycles. The van der Waals surface area contributed by atoms with E-state index < -0.39 is 43.5 Å². The molecule has 0 spiro atoms. The number of halogens is 24. The third-order valence-corrected chi connectivity index (χ3v) is 1.55. The Bertz CT molecular complexity index is 520. The predicted molar refractivity (Wildman–Crippen MR) is 103 cm³/mol. The van der Waals surface area contributed by atoms with E-state index in [1.54, 1.807) is 0 Å². The van der Waals surface area contributed by atoms with Gasteiger partial charge in [0.15, 0.2) is 12.4 Å². The Morgan fingerprint density at radius 1 is 0.375 bits per heavy atom.